The van der Waals surface area contributed by atoms with E-state index in [4.69, 9.17) is 4.74 Å². The Bertz CT molecular complexity index is 1450. The minimum Gasteiger partial charge on any atom is -0.444 e. The smallest absolute Gasteiger partial charge is 0.410 e. The van der Waals surface area contributed by atoms with Gasteiger partial charge in [-0.25, -0.2) is 9.78 Å². The number of nitrogens with zero attached hydrogens (tertiary/aromatic N) is 3. The van der Waals surface area contributed by atoms with Crippen molar-refractivity contribution in [3.8, 4) is 0 Å². The lowest BCUT2D eigenvalue weighted by molar-refractivity contribution is -0.117. The number of rotatable bonds is 10. The third-order valence-corrected chi connectivity index (χ3v) is 6.49. The van der Waals surface area contributed by atoms with E-state index in [2.05, 4.69) is 20.6 Å². The minimum absolute atomic E-state index is 0.210. The summed E-state index contributed by atoms with van der Waals surface area (Å²) in [5.41, 5.74) is 1.94. The lowest BCUT2D eigenvalue weighted by Gasteiger charge is -2.33. The van der Waals surface area contributed by atoms with Crippen LogP contribution in [0.1, 0.15) is 55.7 Å². The first-order chi connectivity index (χ1) is 20.1. The molecule has 42 heavy (non-hydrogen) atoms. The number of ether oxygens (including phenoxy) is 1. The van der Waals surface area contributed by atoms with Crippen LogP contribution in [0.25, 0.3) is 0 Å². The average molecular weight is 568 g/mol. The van der Waals surface area contributed by atoms with Gasteiger partial charge in [0.1, 0.15) is 18.0 Å². The van der Waals surface area contributed by atoms with E-state index >= 15 is 0 Å². The number of nitrogens with one attached hydrogen (secondary N) is 2. The third kappa shape index (κ3) is 8.14. The molecular weight excluding hydrogens is 530 g/mol. The molecule has 0 radical (unpaired) electrons. The van der Waals surface area contributed by atoms with Crippen LogP contribution in [0.15, 0.2) is 103 Å². The summed E-state index contributed by atoms with van der Waals surface area (Å²) in [5, 5.41) is 18.3. The Morgan fingerprint density at radius 3 is 2.17 bits per heavy atom. The maximum atomic E-state index is 13.2. The van der Waals surface area contributed by atoms with Crippen LogP contribution < -0.4 is 10.6 Å². The molecule has 0 aliphatic rings. The van der Waals surface area contributed by atoms with Crippen LogP contribution in [-0.2, 0) is 9.53 Å². The topological polar surface area (TPSA) is 117 Å². The number of likely N-dealkylation sites (N-methyl/N-ethyl adjacent to an activating group) is 1. The fraction of sp³-hybridized carbons (Fsp3) is 0.273. The minimum atomic E-state index is -0.954. The predicted octanol–water partition coefficient (Wildman–Crippen LogP) is 5.95. The van der Waals surface area contributed by atoms with Gasteiger partial charge in [0.15, 0.2) is 0 Å². The predicted molar refractivity (Wildman–Crippen MR) is 163 cm³/mol. The van der Waals surface area contributed by atoms with E-state index in [9.17, 15) is 14.7 Å². The van der Waals surface area contributed by atoms with Gasteiger partial charge < -0.3 is 25.4 Å². The van der Waals surface area contributed by atoms with Gasteiger partial charge in [0.2, 0.25) is 5.91 Å². The summed E-state index contributed by atoms with van der Waals surface area (Å²) in [6, 6.07) is 27.3. The number of hydrogen-bond acceptors (Lipinski definition) is 7. The van der Waals surface area contributed by atoms with Gasteiger partial charge in [0.25, 0.3) is 0 Å². The highest BCUT2D eigenvalue weighted by Gasteiger charge is 2.35. The van der Waals surface area contributed by atoms with Gasteiger partial charge in [-0.1, -0.05) is 60.7 Å². The van der Waals surface area contributed by atoms with Crippen LogP contribution in [0.5, 0.6) is 0 Å². The summed E-state index contributed by atoms with van der Waals surface area (Å²) in [5.74, 6) is -0.391. The maximum absolute atomic E-state index is 13.2. The number of aliphatic hydroxyl groups is 1. The normalized spacial score (nSPS) is 13.4. The summed E-state index contributed by atoms with van der Waals surface area (Å²) >= 11 is 0. The Morgan fingerprint density at radius 1 is 0.881 bits per heavy atom. The SMILES string of the molecule is CN(CC(=O)Nc1ccccc1[C@@H](Nc1ccccn1)[C@H](c1ccccn1)[C@H](O)c1ccccc1)C(=O)OC(C)(C)C. The van der Waals surface area contributed by atoms with Crippen LogP contribution in [0, 0.1) is 0 Å². The monoisotopic (exact) mass is 567 g/mol. The van der Waals surface area contributed by atoms with Gasteiger partial charge in [-0.15, -0.1) is 0 Å². The first kappa shape index (κ1) is 30.2. The lowest BCUT2D eigenvalue weighted by atomic mass is 9.82. The third-order valence-electron chi connectivity index (χ3n) is 6.49. The van der Waals surface area contributed by atoms with Crippen molar-refractivity contribution in [3.63, 3.8) is 0 Å². The molecule has 0 bridgehead atoms. The van der Waals surface area contributed by atoms with Gasteiger partial charge in [-0.3, -0.25) is 9.78 Å². The molecule has 0 saturated carbocycles. The zero-order chi connectivity index (χ0) is 30.1. The summed E-state index contributed by atoms with van der Waals surface area (Å²) in [4.78, 5) is 35.9. The van der Waals surface area contributed by atoms with Crippen LogP contribution in [0.3, 0.4) is 0 Å². The molecule has 4 rings (SSSR count). The van der Waals surface area contributed by atoms with Crippen LogP contribution in [0.2, 0.25) is 0 Å². The van der Waals surface area contributed by atoms with E-state index < -0.39 is 35.7 Å². The van der Waals surface area contributed by atoms with Gasteiger partial charge in [-0.05, 0) is 62.2 Å². The van der Waals surface area contributed by atoms with E-state index in [-0.39, 0.29) is 6.54 Å². The van der Waals surface area contributed by atoms with Crippen molar-refractivity contribution in [2.45, 2.75) is 44.4 Å². The molecule has 0 saturated heterocycles. The maximum Gasteiger partial charge on any atom is 0.410 e. The number of amides is 2. The van der Waals surface area contributed by atoms with Crippen molar-refractivity contribution in [2.24, 2.45) is 0 Å². The largest absolute Gasteiger partial charge is 0.444 e. The Balaban J connectivity index is 1.73. The summed E-state index contributed by atoms with van der Waals surface area (Å²) in [6.07, 6.45) is 1.83. The molecular formula is C33H37N5O4. The molecule has 0 unspecified atom stereocenters. The number of carbonyl (C=O) groups excluding carboxylic acids is 2. The van der Waals surface area contributed by atoms with Gasteiger partial charge in [-0.2, -0.15) is 0 Å². The molecule has 218 valence electrons. The van der Waals surface area contributed by atoms with Crippen LogP contribution in [0.4, 0.5) is 16.3 Å². The molecule has 2 aromatic heterocycles. The van der Waals surface area contributed by atoms with Crippen molar-refractivity contribution < 1.29 is 19.4 Å². The first-order valence-corrected chi connectivity index (χ1v) is 13.8. The molecule has 2 aromatic carbocycles. The van der Waals surface area contributed by atoms with E-state index in [1.807, 2.05) is 84.9 Å². The highest BCUT2D eigenvalue weighted by Crippen LogP contribution is 2.43. The molecule has 0 spiro atoms. The summed E-state index contributed by atoms with van der Waals surface area (Å²) < 4.78 is 5.38. The molecule has 2 heterocycles. The second-order valence-electron chi connectivity index (χ2n) is 10.9. The van der Waals surface area contributed by atoms with Crippen molar-refractivity contribution in [2.75, 3.05) is 24.2 Å². The molecule has 0 aliphatic heterocycles. The molecule has 9 heteroatoms. The van der Waals surface area contributed by atoms with E-state index in [0.29, 0.717) is 22.8 Å². The number of aliphatic hydroxyl groups excluding tert-OH is 1. The van der Waals surface area contributed by atoms with Crippen molar-refractivity contribution in [1.29, 1.82) is 0 Å². The quantitative estimate of drug-likeness (QED) is 0.217. The van der Waals surface area contributed by atoms with E-state index in [1.165, 1.54) is 11.9 Å². The summed E-state index contributed by atoms with van der Waals surface area (Å²) in [7, 11) is 1.51. The summed E-state index contributed by atoms with van der Waals surface area (Å²) in [6.45, 7) is 5.10. The van der Waals surface area contributed by atoms with Gasteiger partial charge in [0, 0.05) is 30.8 Å². The Kier molecular flexibility index (Phi) is 9.88. The zero-order valence-electron chi connectivity index (χ0n) is 24.3. The van der Waals surface area contributed by atoms with Gasteiger partial charge >= 0.3 is 6.09 Å². The molecule has 0 aliphatic carbocycles. The number of para-hydroxylation sites is 1. The molecule has 3 atom stereocenters. The number of anilines is 2. The first-order valence-electron chi connectivity index (χ1n) is 13.8. The molecule has 9 nitrogen and oxygen atoms in total. The molecule has 4 aromatic rings. The standard InChI is InChI=1S/C33H37N5O4/c1-33(2,3)42-32(41)38(4)22-28(39)36-25-17-9-8-16-24(25)30(37-27-19-11-13-21-35-27)29(26-18-10-12-20-34-26)31(40)23-14-6-5-7-15-23/h5-21,29-31,40H,22H2,1-4H3,(H,35,37)(H,36,39)/t29-,30+,31+/m0/s1. The fourth-order valence-corrected chi connectivity index (χ4v) is 4.61. The Labute approximate surface area is 246 Å². The van der Waals surface area contributed by atoms with Crippen molar-refractivity contribution >= 4 is 23.5 Å². The molecule has 2 amide bonds. The van der Waals surface area contributed by atoms with Crippen LogP contribution in [-0.4, -0.2) is 51.2 Å². The lowest BCUT2D eigenvalue weighted by Crippen LogP contribution is -2.39. The second kappa shape index (κ2) is 13.7. The second-order valence-corrected chi connectivity index (χ2v) is 10.9. The highest BCUT2D eigenvalue weighted by molar-refractivity contribution is 5.94. The number of benzene rings is 2. The number of pyridine rings is 2. The average Bonchev–Trinajstić information content (AvgIpc) is 2.97. The Morgan fingerprint density at radius 2 is 1.52 bits per heavy atom. The molecule has 3 N–H and O–H groups in total. The number of hydrogen-bond donors (Lipinski definition) is 3. The number of aromatic nitrogens is 2. The van der Waals surface area contributed by atoms with Crippen molar-refractivity contribution in [1.82, 2.24) is 14.9 Å². The van der Waals surface area contributed by atoms with Crippen LogP contribution >= 0.6 is 0 Å². The van der Waals surface area contributed by atoms with E-state index in [0.717, 1.165) is 5.56 Å². The highest BCUT2D eigenvalue weighted by atomic mass is 16.6. The zero-order valence-corrected chi connectivity index (χ0v) is 24.3. The number of carbonyl (C=O) groups is 2. The van der Waals surface area contributed by atoms with E-state index in [1.54, 1.807) is 39.2 Å². The van der Waals surface area contributed by atoms with Crippen molar-refractivity contribution in [3.05, 3.63) is 120 Å². The van der Waals surface area contributed by atoms with Gasteiger partial charge in [0.05, 0.1) is 18.1 Å². The molecule has 0 fully saturated rings. The Hall–Kier alpha value is -4.76. The fourth-order valence-electron chi connectivity index (χ4n) is 4.61.